The van der Waals surface area contributed by atoms with E-state index in [-0.39, 0.29) is 17.1 Å². The molecular formula is C22H22O6. The van der Waals surface area contributed by atoms with Gasteiger partial charge in [0.2, 0.25) is 11.2 Å². The van der Waals surface area contributed by atoms with E-state index in [0.29, 0.717) is 22.5 Å². The Hall–Kier alpha value is -3.28. The third-order valence-electron chi connectivity index (χ3n) is 4.60. The van der Waals surface area contributed by atoms with Crippen LogP contribution in [0.4, 0.5) is 0 Å². The van der Waals surface area contributed by atoms with Gasteiger partial charge in [-0.15, -0.1) is 0 Å². The van der Waals surface area contributed by atoms with E-state index >= 15 is 0 Å². The molecule has 0 aliphatic heterocycles. The first-order chi connectivity index (χ1) is 13.3. The van der Waals surface area contributed by atoms with Gasteiger partial charge in [-0.3, -0.25) is 4.79 Å². The molecule has 2 aromatic carbocycles. The van der Waals surface area contributed by atoms with E-state index in [1.807, 2.05) is 26.0 Å². The third kappa shape index (κ3) is 3.86. The second-order valence-corrected chi connectivity index (χ2v) is 7.01. The molecule has 0 fully saturated rings. The Bertz CT molecular complexity index is 1080. The fraction of sp³-hybridized carbons (Fsp3) is 0.273. The van der Waals surface area contributed by atoms with Crippen LogP contribution in [0.3, 0.4) is 0 Å². The van der Waals surface area contributed by atoms with E-state index in [1.54, 1.807) is 32.0 Å². The lowest BCUT2D eigenvalue weighted by molar-refractivity contribution is -0.147. The topological polar surface area (TPSA) is 86.0 Å². The molecule has 0 aliphatic rings. The number of aliphatic carboxylic acids is 1. The van der Waals surface area contributed by atoms with Gasteiger partial charge >= 0.3 is 5.97 Å². The van der Waals surface area contributed by atoms with E-state index in [0.717, 1.165) is 11.1 Å². The molecule has 1 aromatic heterocycles. The molecular weight excluding hydrogens is 360 g/mol. The van der Waals surface area contributed by atoms with Crippen LogP contribution >= 0.6 is 0 Å². The van der Waals surface area contributed by atoms with Crippen molar-refractivity contribution in [3.8, 4) is 17.2 Å². The zero-order valence-corrected chi connectivity index (χ0v) is 16.2. The molecule has 0 saturated carbocycles. The largest absolute Gasteiger partial charge is 0.478 e. The summed E-state index contributed by atoms with van der Waals surface area (Å²) in [5.41, 5.74) is 1.98. The minimum Gasteiger partial charge on any atom is -0.478 e. The highest BCUT2D eigenvalue weighted by Crippen LogP contribution is 2.28. The molecule has 146 valence electrons. The third-order valence-corrected chi connectivity index (χ3v) is 4.60. The zero-order chi connectivity index (χ0) is 20.4. The van der Waals surface area contributed by atoms with E-state index in [4.69, 9.17) is 13.9 Å². The number of rotatable bonds is 6. The number of hydrogen-bond acceptors (Lipinski definition) is 5. The van der Waals surface area contributed by atoms with Crippen LogP contribution in [-0.2, 0) is 4.79 Å². The van der Waals surface area contributed by atoms with Crippen LogP contribution in [0.25, 0.3) is 11.0 Å². The van der Waals surface area contributed by atoms with Crippen LogP contribution in [-0.4, -0.2) is 17.2 Å². The number of aryl methyl sites for hydroxylation is 1. The average Bonchev–Trinajstić information content (AvgIpc) is 2.65. The Morgan fingerprint density at radius 3 is 2.54 bits per heavy atom. The van der Waals surface area contributed by atoms with Crippen LogP contribution in [0.5, 0.6) is 17.2 Å². The Balaban J connectivity index is 1.94. The number of carbonyl (C=O) groups is 1. The number of fused-ring (bicyclic) bond motifs is 1. The molecule has 1 heterocycles. The van der Waals surface area contributed by atoms with Gasteiger partial charge < -0.3 is 19.0 Å². The SMILES string of the molecule is Cc1cccc(Oc2coc3cc(OC(C(=O)O)C(C)C)ccc3c2=O)c1C. The monoisotopic (exact) mass is 382 g/mol. The van der Waals surface area contributed by atoms with E-state index < -0.39 is 12.1 Å². The first-order valence-corrected chi connectivity index (χ1v) is 8.97. The summed E-state index contributed by atoms with van der Waals surface area (Å²) in [6.45, 7) is 7.41. The first-order valence-electron chi connectivity index (χ1n) is 8.97. The molecule has 0 bridgehead atoms. The summed E-state index contributed by atoms with van der Waals surface area (Å²) in [4.78, 5) is 24.1. The van der Waals surface area contributed by atoms with E-state index in [2.05, 4.69) is 0 Å². The molecule has 0 amide bonds. The Kier molecular flexibility index (Phi) is 5.40. The van der Waals surface area contributed by atoms with E-state index in [1.165, 1.54) is 12.3 Å². The maximum atomic E-state index is 12.8. The fourth-order valence-electron chi connectivity index (χ4n) is 2.81. The predicted octanol–water partition coefficient (Wildman–Crippen LogP) is 4.69. The van der Waals surface area contributed by atoms with Crippen LogP contribution < -0.4 is 14.9 Å². The number of benzene rings is 2. The molecule has 3 aromatic rings. The number of ether oxygens (including phenoxy) is 2. The van der Waals surface area contributed by atoms with Crippen molar-refractivity contribution in [1.82, 2.24) is 0 Å². The van der Waals surface area contributed by atoms with Crippen molar-refractivity contribution in [1.29, 1.82) is 0 Å². The highest BCUT2D eigenvalue weighted by molar-refractivity contribution is 5.79. The van der Waals surface area contributed by atoms with Gasteiger partial charge in [0.1, 0.15) is 23.3 Å². The molecule has 28 heavy (non-hydrogen) atoms. The fourth-order valence-corrected chi connectivity index (χ4v) is 2.81. The molecule has 3 rings (SSSR count). The van der Waals surface area contributed by atoms with Crippen molar-refractivity contribution in [3.05, 3.63) is 64.0 Å². The molecule has 0 aliphatic carbocycles. The van der Waals surface area contributed by atoms with Gasteiger partial charge in [-0.1, -0.05) is 26.0 Å². The second-order valence-electron chi connectivity index (χ2n) is 7.01. The van der Waals surface area contributed by atoms with Gasteiger partial charge in [-0.2, -0.15) is 0 Å². The smallest absolute Gasteiger partial charge is 0.345 e. The summed E-state index contributed by atoms with van der Waals surface area (Å²) in [5, 5.41) is 9.59. The summed E-state index contributed by atoms with van der Waals surface area (Å²) < 4.78 is 16.9. The first kappa shape index (κ1) is 19.5. The lowest BCUT2D eigenvalue weighted by Crippen LogP contribution is -2.32. The number of hydrogen-bond donors (Lipinski definition) is 1. The van der Waals surface area contributed by atoms with E-state index in [9.17, 15) is 14.7 Å². The minimum atomic E-state index is -1.05. The Morgan fingerprint density at radius 1 is 1.11 bits per heavy atom. The molecule has 6 nitrogen and oxygen atoms in total. The van der Waals surface area contributed by atoms with Crippen LogP contribution in [0.15, 0.2) is 51.9 Å². The summed E-state index contributed by atoms with van der Waals surface area (Å²) in [7, 11) is 0. The molecule has 0 spiro atoms. The van der Waals surface area contributed by atoms with Crippen molar-refractivity contribution in [2.24, 2.45) is 5.92 Å². The van der Waals surface area contributed by atoms with Crippen LogP contribution in [0.1, 0.15) is 25.0 Å². The lowest BCUT2D eigenvalue weighted by atomic mass is 10.1. The second kappa shape index (κ2) is 7.76. The van der Waals surface area contributed by atoms with Gasteiger partial charge in [-0.05, 0) is 43.2 Å². The molecule has 1 unspecified atom stereocenters. The lowest BCUT2D eigenvalue weighted by Gasteiger charge is -2.18. The van der Waals surface area contributed by atoms with Gasteiger partial charge in [0.15, 0.2) is 6.10 Å². The highest BCUT2D eigenvalue weighted by Gasteiger charge is 2.23. The minimum absolute atomic E-state index is 0.0838. The maximum absolute atomic E-state index is 12.8. The van der Waals surface area contributed by atoms with Gasteiger partial charge in [0.05, 0.1) is 5.39 Å². The summed E-state index contributed by atoms with van der Waals surface area (Å²) in [6, 6.07) is 10.2. The summed E-state index contributed by atoms with van der Waals surface area (Å²) in [6.07, 6.45) is 0.268. The van der Waals surface area contributed by atoms with Crippen molar-refractivity contribution in [2.45, 2.75) is 33.8 Å². The Labute approximate surface area is 162 Å². The summed E-state index contributed by atoms with van der Waals surface area (Å²) in [5.74, 6) is -0.268. The van der Waals surface area contributed by atoms with Gasteiger partial charge in [-0.25, -0.2) is 4.79 Å². The van der Waals surface area contributed by atoms with Crippen molar-refractivity contribution >= 4 is 16.9 Å². The normalized spacial score (nSPS) is 12.2. The number of carboxylic acids is 1. The molecule has 6 heteroatoms. The highest BCUT2D eigenvalue weighted by atomic mass is 16.5. The predicted molar refractivity (Wildman–Crippen MR) is 105 cm³/mol. The van der Waals surface area contributed by atoms with Crippen LogP contribution in [0.2, 0.25) is 0 Å². The van der Waals surface area contributed by atoms with Crippen molar-refractivity contribution < 1.29 is 23.8 Å². The quantitative estimate of drug-likeness (QED) is 0.666. The van der Waals surface area contributed by atoms with Gasteiger partial charge in [0.25, 0.3) is 0 Å². The zero-order valence-electron chi connectivity index (χ0n) is 16.2. The Morgan fingerprint density at radius 2 is 1.86 bits per heavy atom. The van der Waals surface area contributed by atoms with Gasteiger partial charge in [0, 0.05) is 12.0 Å². The van der Waals surface area contributed by atoms with Crippen molar-refractivity contribution in [2.75, 3.05) is 0 Å². The molecule has 1 N–H and O–H groups in total. The maximum Gasteiger partial charge on any atom is 0.345 e. The molecule has 1 atom stereocenters. The van der Waals surface area contributed by atoms with Crippen LogP contribution in [0, 0.1) is 19.8 Å². The number of carboxylic acid groups (broad SMARTS) is 1. The molecule has 0 radical (unpaired) electrons. The standard InChI is InChI=1S/C22H22O6/c1-12(2)21(22(24)25)27-15-8-9-16-18(10-15)26-11-19(20(16)23)28-17-7-5-6-13(3)14(17)4/h5-12,21H,1-4H3,(H,24,25). The van der Waals surface area contributed by atoms with Crippen molar-refractivity contribution in [3.63, 3.8) is 0 Å². The summed E-state index contributed by atoms with van der Waals surface area (Å²) >= 11 is 0. The average molecular weight is 382 g/mol. The molecule has 0 saturated heterocycles.